The van der Waals surface area contributed by atoms with Gasteiger partial charge in [-0.25, -0.2) is 0 Å². The van der Waals surface area contributed by atoms with Gasteiger partial charge in [0.1, 0.15) is 5.75 Å². The lowest BCUT2D eigenvalue weighted by molar-refractivity contribution is -0.120. The summed E-state index contributed by atoms with van der Waals surface area (Å²) in [5.41, 5.74) is 6.57. The molecule has 0 heterocycles. The molecule has 0 radical (unpaired) electrons. The van der Waals surface area contributed by atoms with Gasteiger partial charge in [0.2, 0.25) is 5.91 Å². The number of carbonyl (C=O) groups is 1. The highest BCUT2D eigenvalue weighted by Gasteiger charge is 2.27. The van der Waals surface area contributed by atoms with Crippen LogP contribution >= 0.6 is 0 Å². The molecule has 1 atom stereocenters. The molecule has 0 aliphatic carbocycles. The first kappa shape index (κ1) is 13.5. The highest BCUT2D eigenvalue weighted by Crippen LogP contribution is 2.21. The highest BCUT2D eigenvalue weighted by atomic mass is 16.3. The smallest absolute Gasteiger partial charge is 0.244 e. The fourth-order valence-corrected chi connectivity index (χ4v) is 1.69. The van der Waals surface area contributed by atoms with Crippen molar-refractivity contribution < 1.29 is 9.90 Å². The minimum Gasteiger partial charge on any atom is -0.508 e. The average molecular weight is 236 g/mol. The predicted octanol–water partition coefficient (Wildman–Crippen LogP) is 2.16. The summed E-state index contributed by atoms with van der Waals surface area (Å²) in [5.74, 6) is -0.0160. The zero-order valence-corrected chi connectivity index (χ0v) is 10.6. The number of nitrogens with one attached hydrogen (secondary N) is 1. The Bertz CT molecular complexity index is 414. The number of carbonyl (C=O) groups excluding carboxylic acids is 1. The van der Waals surface area contributed by atoms with Gasteiger partial charge in [-0.15, -0.1) is 0 Å². The molecule has 1 aromatic rings. The van der Waals surface area contributed by atoms with E-state index in [-0.39, 0.29) is 11.7 Å². The summed E-state index contributed by atoms with van der Waals surface area (Å²) in [6.07, 6.45) is 1.49. The molecule has 0 saturated carbocycles. The Morgan fingerprint density at radius 2 is 2.18 bits per heavy atom. The van der Waals surface area contributed by atoms with E-state index in [4.69, 9.17) is 5.73 Å². The maximum absolute atomic E-state index is 12.0. The second-order valence-corrected chi connectivity index (χ2v) is 4.62. The van der Waals surface area contributed by atoms with Gasteiger partial charge in [0.25, 0.3) is 0 Å². The van der Waals surface area contributed by atoms with Crippen LogP contribution < -0.4 is 11.1 Å². The molecule has 0 bridgehead atoms. The summed E-state index contributed by atoms with van der Waals surface area (Å²) in [4.78, 5) is 12.0. The Morgan fingerprint density at radius 3 is 2.71 bits per heavy atom. The van der Waals surface area contributed by atoms with Crippen molar-refractivity contribution in [2.75, 3.05) is 5.32 Å². The van der Waals surface area contributed by atoms with Gasteiger partial charge in [-0.1, -0.05) is 13.3 Å². The minimum atomic E-state index is -0.862. The first-order chi connectivity index (χ1) is 7.86. The molecular weight excluding hydrogens is 216 g/mol. The van der Waals surface area contributed by atoms with Crippen LogP contribution in [0.25, 0.3) is 0 Å². The third-order valence-corrected chi connectivity index (χ3v) is 2.75. The van der Waals surface area contributed by atoms with E-state index in [2.05, 4.69) is 5.32 Å². The quantitative estimate of drug-likeness (QED) is 0.701. The van der Waals surface area contributed by atoms with Gasteiger partial charge in [0.15, 0.2) is 0 Å². The molecular formula is C13H20N2O2. The summed E-state index contributed by atoms with van der Waals surface area (Å²) < 4.78 is 0. The van der Waals surface area contributed by atoms with E-state index < -0.39 is 5.54 Å². The second kappa shape index (κ2) is 5.19. The molecule has 4 N–H and O–H groups in total. The average Bonchev–Trinajstić information content (AvgIpc) is 2.22. The molecule has 1 amide bonds. The third-order valence-electron chi connectivity index (χ3n) is 2.75. The van der Waals surface area contributed by atoms with Gasteiger partial charge in [0.05, 0.1) is 5.54 Å². The first-order valence-electron chi connectivity index (χ1n) is 5.77. The van der Waals surface area contributed by atoms with Crippen LogP contribution in [0.5, 0.6) is 5.75 Å². The molecule has 1 rings (SSSR count). The molecule has 0 aliphatic heterocycles. The molecule has 0 spiro atoms. The molecule has 94 valence electrons. The van der Waals surface area contributed by atoms with Crippen molar-refractivity contribution in [3.8, 4) is 5.75 Å². The summed E-state index contributed by atoms with van der Waals surface area (Å²) in [6, 6.07) is 4.81. The van der Waals surface area contributed by atoms with E-state index in [1.807, 2.05) is 13.8 Å². The number of hydrogen-bond acceptors (Lipinski definition) is 3. The van der Waals surface area contributed by atoms with E-state index in [0.29, 0.717) is 12.1 Å². The normalized spacial score (nSPS) is 14.1. The SMILES string of the molecule is CCCC(C)(N)C(=O)Nc1ccc(O)cc1C. The van der Waals surface area contributed by atoms with Gasteiger partial charge < -0.3 is 16.2 Å². The van der Waals surface area contributed by atoms with Crippen LogP contribution in [0, 0.1) is 6.92 Å². The number of hydrogen-bond donors (Lipinski definition) is 3. The van der Waals surface area contributed by atoms with Crippen molar-refractivity contribution in [3.05, 3.63) is 23.8 Å². The fraction of sp³-hybridized carbons (Fsp3) is 0.462. The Morgan fingerprint density at radius 1 is 1.53 bits per heavy atom. The van der Waals surface area contributed by atoms with Crippen LogP contribution in [-0.2, 0) is 4.79 Å². The lowest BCUT2D eigenvalue weighted by atomic mass is 9.96. The first-order valence-corrected chi connectivity index (χ1v) is 5.77. The van der Waals surface area contributed by atoms with Crippen LogP contribution in [0.2, 0.25) is 0 Å². The van der Waals surface area contributed by atoms with E-state index in [1.54, 1.807) is 19.1 Å². The van der Waals surface area contributed by atoms with Crippen molar-refractivity contribution in [1.29, 1.82) is 0 Å². The van der Waals surface area contributed by atoms with E-state index in [9.17, 15) is 9.90 Å². The van der Waals surface area contributed by atoms with Crippen LogP contribution in [-0.4, -0.2) is 16.6 Å². The number of benzene rings is 1. The Hall–Kier alpha value is -1.55. The lowest BCUT2D eigenvalue weighted by Crippen LogP contribution is -2.48. The van der Waals surface area contributed by atoms with Crippen molar-refractivity contribution in [2.24, 2.45) is 5.73 Å². The van der Waals surface area contributed by atoms with Gasteiger partial charge in [0, 0.05) is 5.69 Å². The predicted molar refractivity (Wildman–Crippen MR) is 69.0 cm³/mol. The van der Waals surface area contributed by atoms with Gasteiger partial charge in [-0.05, 0) is 44.0 Å². The fourth-order valence-electron chi connectivity index (χ4n) is 1.69. The molecule has 0 aromatic heterocycles. The van der Waals surface area contributed by atoms with Crippen LogP contribution in [0.3, 0.4) is 0 Å². The number of amides is 1. The molecule has 0 fully saturated rings. The number of anilines is 1. The Labute approximate surface area is 102 Å². The number of phenolic OH excluding ortho intramolecular Hbond substituents is 1. The zero-order chi connectivity index (χ0) is 13.1. The number of nitrogens with two attached hydrogens (primary N) is 1. The molecule has 4 nitrogen and oxygen atoms in total. The number of rotatable bonds is 4. The summed E-state index contributed by atoms with van der Waals surface area (Å²) in [7, 11) is 0. The maximum atomic E-state index is 12.0. The van der Waals surface area contributed by atoms with Crippen LogP contribution in [0.4, 0.5) is 5.69 Å². The Kier molecular flexibility index (Phi) is 4.12. The van der Waals surface area contributed by atoms with E-state index >= 15 is 0 Å². The summed E-state index contributed by atoms with van der Waals surface area (Å²) in [5, 5.41) is 12.1. The zero-order valence-electron chi connectivity index (χ0n) is 10.6. The van der Waals surface area contributed by atoms with E-state index in [1.165, 1.54) is 6.07 Å². The lowest BCUT2D eigenvalue weighted by Gasteiger charge is -2.23. The standard InChI is InChI=1S/C13H20N2O2/c1-4-7-13(3,14)12(17)15-11-6-5-10(16)8-9(11)2/h5-6,8,16H,4,7,14H2,1-3H3,(H,15,17). The molecule has 17 heavy (non-hydrogen) atoms. The van der Waals surface area contributed by atoms with Gasteiger partial charge in [-0.2, -0.15) is 0 Å². The number of aromatic hydroxyl groups is 1. The van der Waals surface area contributed by atoms with Gasteiger partial charge in [-0.3, -0.25) is 4.79 Å². The van der Waals surface area contributed by atoms with Crippen molar-refractivity contribution in [3.63, 3.8) is 0 Å². The minimum absolute atomic E-state index is 0.185. The summed E-state index contributed by atoms with van der Waals surface area (Å²) >= 11 is 0. The molecule has 0 aliphatic rings. The van der Waals surface area contributed by atoms with E-state index in [0.717, 1.165) is 12.0 Å². The largest absolute Gasteiger partial charge is 0.508 e. The van der Waals surface area contributed by atoms with Gasteiger partial charge >= 0.3 is 0 Å². The molecule has 0 saturated heterocycles. The van der Waals surface area contributed by atoms with Crippen molar-refractivity contribution in [1.82, 2.24) is 0 Å². The van der Waals surface area contributed by atoms with Crippen molar-refractivity contribution in [2.45, 2.75) is 39.2 Å². The maximum Gasteiger partial charge on any atom is 0.244 e. The molecule has 4 heteroatoms. The summed E-state index contributed by atoms with van der Waals surface area (Å²) in [6.45, 7) is 5.54. The number of phenols is 1. The molecule has 1 aromatic carbocycles. The van der Waals surface area contributed by atoms with Crippen LogP contribution in [0.15, 0.2) is 18.2 Å². The highest BCUT2D eigenvalue weighted by molar-refractivity contribution is 5.98. The third kappa shape index (κ3) is 3.46. The number of aryl methyl sites for hydroxylation is 1. The second-order valence-electron chi connectivity index (χ2n) is 4.62. The molecule has 1 unspecified atom stereocenters. The van der Waals surface area contributed by atoms with Crippen LogP contribution in [0.1, 0.15) is 32.3 Å². The monoisotopic (exact) mass is 236 g/mol. The van der Waals surface area contributed by atoms with Crippen molar-refractivity contribution >= 4 is 11.6 Å². The topological polar surface area (TPSA) is 75.4 Å². The Balaban J connectivity index is 2.81.